The summed E-state index contributed by atoms with van der Waals surface area (Å²) in [4.78, 5) is 30.6. The minimum Gasteiger partial charge on any atom is -0.370 e. The lowest BCUT2D eigenvalue weighted by molar-refractivity contribution is 0.445. The minimum atomic E-state index is -0.146. The maximum atomic E-state index is 14.3. The van der Waals surface area contributed by atoms with E-state index >= 15 is 0 Å². The average molecular weight is 589 g/mol. The molecule has 1 aromatic carbocycles. The molecule has 1 aliphatic heterocycles. The van der Waals surface area contributed by atoms with Gasteiger partial charge in [0.05, 0.1) is 17.0 Å². The lowest BCUT2D eigenvalue weighted by atomic mass is 10.0. The van der Waals surface area contributed by atoms with Crippen LogP contribution in [0.1, 0.15) is 30.7 Å². The van der Waals surface area contributed by atoms with E-state index in [4.69, 9.17) is 10.1 Å². The topological polar surface area (TPSA) is 111 Å². The molecule has 5 aromatic rings. The van der Waals surface area contributed by atoms with Crippen molar-refractivity contribution in [2.24, 2.45) is 7.05 Å². The van der Waals surface area contributed by atoms with Crippen molar-refractivity contribution in [3.63, 3.8) is 0 Å². The Labute approximate surface area is 255 Å². The first-order valence-corrected chi connectivity index (χ1v) is 15.0. The molecule has 1 aliphatic carbocycles. The zero-order chi connectivity index (χ0) is 30.4. The number of aryl methyl sites for hydroxylation is 2. The summed E-state index contributed by atoms with van der Waals surface area (Å²) in [5.41, 5.74) is 6.25. The van der Waals surface area contributed by atoms with Crippen LogP contribution in [0.25, 0.3) is 33.8 Å². The monoisotopic (exact) mass is 588 g/mol. The van der Waals surface area contributed by atoms with Crippen molar-refractivity contribution < 1.29 is 0 Å². The molecule has 1 saturated heterocycles. The van der Waals surface area contributed by atoms with E-state index in [1.54, 1.807) is 21.6 Å². The second kappa shape index (κ2) is 11.2. The second-order valence-corrected chi connectivity index (χ2v) is 11.5. The number of allylic oxidation sites excluding steroid dienone is 4. The van der Waals surface area contributed by atoms with Gasteiger partial charge in [-0.25, -0.2) is 14.6 Å². The zero-order valence-electron chi connectivity index (χ0n) is 25.4. The van der Waals surface area contributed by atoms with Gasteiger partial charge in [-0.1, -0.05) is 12.2 Å². The molecule has 5 heterocycles. The van der Waals surface area contributed by atoms with Crippen LogP contribution in [0, 0.1) is 13.8 Å². The molecule has 0 radical (unpaired) electrons. The first-order chi connectivity index (χ1) is 21.4. The Kier molecular flexibility index (Phi) is 7.09. The smallest absolute Gasteiger partial charge is 0.264 e. The van der Waals surface area contributed by atoms with E-state index in [0.717, 1.165) is 46.8 Å². The molecule has 0 saturated carbocycles. The van der Waals surface area contributed by atoms with Crippen molar-refractivity contribution in [3.8, 4) is 17.1 Å². The lowest BCUT2D eigenvalue weighted by Gasteiger charge is -2.33. The molecule has 11 nitrogen and oxygen atoms in total. The van der Waals surface area contributed by atoms with Gasteiger partial charge in [-0.15, -0.1) is 0 Å². The summed E-state index contributed by atoms with van der Waals surface area (Å²) in [5, 5.41) is 12.3. The predicted octanol–water partition coefficient (Wildman–Crippen LogP) is 4.73. The third kappa shape index (κ3) is 4.88. The normalized spacial score (nSPS) is 16.5. The Morgan fingerprint density at radius 1 is 1.14 bits per heavy atom. The zero-order valence-corrected chi connectivity index (χ0v) is 25.4. The maximum absolute atomic E-state index is 14.3. The Bertz CT molecular complexity index is 1970. The van der Waals surface area contributed by atoms with Gasteiger partial charge < -0.3 is 20.1 Å². The molecule has 1 fully saturated rings. The first-order valence-electron chi connectivity index (χ1n) is 15.0. The predicted molar refractivity (Wildman–Crippen MR) is 175 cm³/mol. The number of nitrogens with one attached hydrogen (secondary N) is 2. The molecule has 1 unspecified atom stereocenters. The number of hydrogen-bond donors (Lipinski definition) is 2. The van der Waals surface area contributed by atoms with E-state index in [2.05, 4.69) is 44.7 Å². The van der Waals surface area contributed by atoms with Crippen molar-refractivity contribution in [2.75, 3.05) is 30.4 Å². The fourth-order valence-electron chi connectivity index (χ4n) is 6.28. The highest BCUT2D eigenvalue weighted by Gasteiger charge is 2.23. The first kappa shape index (κ1) is 27.8. The highest BCUT2D eigenvalue weighted by Crippen LogP contribution is 2.30. The van der Waals surface area contributed by atoms with E-state index in [1.807, 2.05) is 68.1 Å². The number of hydrogen-bond acceptors (Lipinski definition) is 8. The van der Waals surface area contributed by atoms with Crippen LogP contribution in [0.15, 0.2) is 71.9 Å². The summed E-state index contributed by atoms with van der Waals surface area (Å²) in [6.07, 6.45) is 14.4. The van der Waals surface area contributed by atoms with Gasteiger partial charge in [0.25, 0.3) is 5.56 Å². The number of benzene rings is 1. The highest BCUT2D eigenvalue weighted by atomic mass is 16.1. The van der Waals surface area contributed by atoms with Crippen molar-refractivity contribution in [1.29, 1.82) is 0 Å². The fourth-order valence-corrected chi connectivity index (χ4v) is 6.28. The standard InChI is InChI=1S/C33H36N10O/c1-21-29(22(2)43(39-21)33-35-16-17-40(33)3)28-18-23-19-36-32(38-30(23)42(31(28)44)26-8-5-6-9-26)37-24-11-13-25(14-12-24)41(4)27-10-7-15-34-20-27/h5-6,8,11-14,16-19,27,34H,7,9-10,15,20H2,1-4H3,(H,36,37,38). The van der Waals surface area contributed by atoms with E-state index in [9.17, 15) is 4.79 Å². The van der Waals surface area contributed by atoms with E-state index < -0.39 is 0 Å². The number of fused-ring (bicyclic) bond motifs is 1. The number of anilines is 3. The highest BCUT2D eigenvalue weighted by molar-refractivity contribution is 5.86. The van der Waals surface area contributed by atoms with E-state index in [1.165, 1.54) is 18.5 Å². The Balaban J connectivity index is 1.25. The SMILES string of the molecule is Cc1nn(-c2nccn2C)c(C)c1-c1cc2cnc(Nc3ccc(N(C)C4CCCNC4)cc3)nc2n(C2=CC=CC2)c1=O. The van der Waals surface area contributed by atoms with Crippen molar-refractivity contribution in [3.05, 3.63) is 88.9 Å². The minimum absolute atomic E-state index is 0.146. The Morgan fingerprint density at radius 2 is 1.98 bits per heavy atom. The van der Waals surface area contributed by atoms with E-state index in [0.29, 0.717) is 35.6 Å². The second-order valence-electron chi connectivity index (χ2n) is 11.5. The number of imidazole rings is 1. The van der Waals surface area contributed by atoms with Crippen molar-refractivity contribution in [2.45, 2.75) is 39.2 Å². The molecule has 0 amide bonds. The summed E-state index contributed by atoms with van der Waals surface area (Å²) in [5.74, 6) is 1.11. The number of likely N-dealkylation sites (N-methyl/N-ethyl adjacent to an activating group) is 1. The fraction of sp³-hybridized carbons (Fsp3) is 0.303. The molecular formula is C33H36N10O. The van der Waals surface area contributed by atoms with Gasteiger partial charge >= 0.3 is 0 Å². The third-order valence-electron chi connectivity index (χ3n) is 8.68. The number of pyridine rings is 1. The molecule has 7 rings (SSSR count). The van der Waals surface area contributed by atoms with Crippen LogP contribution in [0.4, 0.5) is 17.3 Å². The summed E-state index contributed by atoms with van der Waals surface area (Å²) in [6, 6.07) is 10.7. The van der Waals surface area contributed by atoms with Crippen LogP contribution in [0.2, 0.25) is 0 Å². The average Bonchev–Trinajstić information content (AvgIpc) is 3.78. The molecule has 1 atom stereocenters. The maximum Gasteiger partial charge on any atom is 0.264 e. The van der Waals surface area contributed by atoms with Crippen LogP contribution < -0.4 is 21.1 Å². The van der Waals surface area contributed by atoms with Crippen molar-refractivity contribution >= 4 is 34.1 Å². The van der Waals surface area contributed by atoms with Crippen LogP contribution in [-0.2, 0) is 7.05 Å². The van der Waals surface area contributed by atoms with Crippen molar-refractivity contribution in [1.82, 2.24) is 39.2 Å². The molecule has 0 bridgehead atoms. The third-order valence-corrected chi connectivity index (χ3v) is 8.68. The summed E-state index contributed by atoms with van der Waals surface area (Å²) in [7, 11) is 4.07. The van der Waals surface area contributed by atoms with Crippen LogP contribution in [0.5, 0.6) is 0 Å². The van der Waals surface area contributed by atoms with Gasteiger partial charge in [-0.05, 0) is 69.6 Å². The molecule has 0 spiro atoms. The molecular weight excluding hydrogens is 552 g/mol. The van der Waals surface area contributed by atoms with Gasteiger partial charge in [0.2, 0.25) is 11.9 Å². The molecule has 2 N–H and O–H groups in total. The summed E-state index contributed by atoms with van der Waals surface area (Å²) in [6.45, 7) is 5.98. The number of nitrogens with zero attached hydrogens (tertiary/aromatic N) is 8. The number of rotatable bonds is 7. The van der Waals surface area contributed by atoms with Crippen LogP contribution in [-0.4, -0.2) is 60.0 Å². The quantitative estimate of drug-likeness (QED) is 0.281. The van der Waals surface area contributed by atoms with Crippen LogP contribution in [0.3, 0.4) is 0 Å². The van der Waals surface area contributed by atoms with Gasteiger partial charge in [0.1, 0.15) is 0 Å². The molecule has 4 aromatic heterocycles. The Hall–Kier alpha value is -5.03. The largest absolute Gasteiger partial charge is 0.370 e. The van der Waals surface area contributed by atoms with Crippen LogP contribution >= 0.6 is 0 Å². The molecule has 224 valence electrons. The number of aromatic nitrogens is 7. The van der Waals surface area contributed by atoms with E-state index in [-0.39, 0.29) is 5.56 Å². The summed E-state index contributed by atoms with van der Waals surface area (Å²) < 4.78 is 5.40. The van der Waals surface area contributed by atoms with Gasteiger partial charge in [0.15, 0.2) is 5.65 Å². The number of piperidine rings is 1. The summed E-state index contributed by atoms with van der Waals surface area (Å²) >= 11 is 0. The van der Waals surface area contributed by atoms with Gasteiger partial charge in [-0.2, -0.15) is 10.1 Å². The molecule has 11 heteroatoms. The Morgan fingerprint density at radius 3 is 2.68 bits per heavy atom. The lowest BCUT2D eigenvalue weighted by Crippen LogP contribution is -2.44. The van der Waals surface area contributed by atoms with Gasteiger partial charge in [0, 0.05) is 79.7 Å². The van der Waals surface area contributed by atoms with Gasteiger partial charge in [-0.3, -0.25) is 9.36 Å². The molecule has 2 aliphatic rings. The molecule has 44 heavy (non-hydrogen) atoms.